The number of nitrogens with one attached hydrogen (secondary N) is 1. The van der Waals surface area contributed by atoms with Crippen LogP contribution in [0.3, 0.4) is 0 Å². The molecule has 1 heterocycles. The molecule has 1 fully saturated rings. The van der Waals surface area contributed by atoms with Crippen molar-refractivity contribution in [1.29, 1.82) is 0 Å². The fraction of sp³-hybridized carbons (Fsp3) is 0.800. The molecule has 0 saturated heterocycles. The summed E-state index contributed by atoms with van der Waals surface area (Å²) in [6.45, 7) is 10.3. The van der Waals surface area contributed by atoms with Crippen LogP contribution in [-0.4, -0.2) is 17.6 Å². The predicted molar refractivity (Wildman–Crippen MR) is 80.6 cm³/mol. The average molecular weight is 282 g/mol. The Morgan fingerprint density at radius 3 is 2.53 bits per heavy atom. The molecule has 108 valence electrons. The van der Waals surface area contributed by atoms with Gasteiger partial charge in [0, 0.05) is 24.1 Å². The summed E-state index contributed by atoms with van der Waals surface area (Å²) < 4.78 is 6.05. The molecule has 0 amide bonds. The second-order valence-electron chi connectivity index (χ2n) is 5.32. The third-order valence-corrected chi connectivity index (χ3v) is 5.32. The van der Waals surface area contributed by atoms with E-state index in [2.05, 4.69) is 33.0 Å². The molecule has 0 spiro atoms. The van der Waals surface area contributed by atoms with Gasteiger partial charge in [0.1, 0.15) is 10.6 Å². The van der Waals surface area contributed by atoms with Crippen molar-refractivity contribution in [1.82, 2.24) is 10.3 Å². The van der Waals surface area contributed by atoms with Crippen molar-refractivity contribution < 1.29 is 4.74 Å². The highest BCUT2D eigenvalue weighted by atomic mass is 32.1. The molecular weight excluding hydrogens is 256 g/mol. The molecule has 0 bridgehead atoms. The van der Waals surface area contributed by atoms with Gasteiger partial charge in [0.05, 0.1) is 5.69 Å². The Balaban J connectivity index is 2.15. The van der Waals surface area contributed by atoms with Crippen LogP contribution in [0.25, 0.3) is 0 Å². The van der Waals surface area contributed by atoms with E-state index in [4.69, 9.17) is 9.72 Å². The molecule has 1 aliphatic carbocycles. The maximum Gasteiger partial charge on any atom is 0.125 e. The number of rotatable bonds is 8. The molecule has 1 aromatic rings. The second-order valence-corrected chi connectivity index (χ2v) is 6.40. The number of hydrogen-bond donors (Lipinski definition) is 1. The SMILES string of the molecule is CCOC(CC)(CC)c1nc(C)c(CNC2CC2)s1. The number of hydrogen-bond acceptors (Lipinski definition) is 4. The summed E-state index contributed by atoms with van der Waals surface area (Å²) in [6, 6.07) is 0.749. The number of aryl methyl sites for hydroxylation is 1. The molecule has 1 N–H and O–H groups in total. The van der Waals surface area contributed by atoms with Gasteiger partial charge in [-0.2, -0.15) is 0 Å². The van der Waals surface area contributed by atoms with Crippen molar-refractivity contribution in [2.45, 2.75) is 71.6 Å². The van der Waals surface area contributed by atoms with Crippen LogP contribution in [0.2, 0.25) is 0 Å². The number of aromatic nitrogens is 1. The third-order valence-electron chi connectivity index (χ3n) is 3.97. The van der Waals surface area contributed by atoms with Crippen LogP contribution in [0.4, 0.5) is 0 Å². The summed E-state index contributed by atoms with van der Waals surface area (Å²) in [6.07, 6.45) is 4.63. The fourth-order valence-corrected chi connectivity index (χ4v) is 3.70. The maximum absolute atomic E-state index is 6.05. The van der Waals surface area contributed by atoms with E-state index in [9.17, 15) is 0 Å². The summed E-state index contributed by atoms with van der Waals surface area (Å²) in [5.74, 6) is 0. The van der Waals surface area contributed by atoms with Gasteiger partial charge in [-0.05, 0) is 39.5 Å². The summed E-state index contributed by atoms with van der Waals surface area (Å²) >= 11 is 1.83. The molecule has 2 rings (SSSR count). The van der Waals surface area contributed by atoms with Crippen LogP contribution in [-0.2, 0) is 16.9 Å². The molecule has 4 heteroatoms. The van der Waals surface area contributed by atoms with Crippen molar-refractivity contribution in [3.8, 4) is 0 Å². The van der Waals surface area contributed by atoms with Crippen LogP contribution in [0.5, 0.6) is 0 Å². The largest absolute Gasteiger partial charge is 0.368 e. The van der Waals surface area contributed by atoms with Gasteiger partial charge < -0.3 is 10.1 Å². The quantitative estimate of drug-likeness (QED) is 0.788. The van der Waals surface area contributed by atoms with Gasteiger partial charge in [-0.25, -0.2) is 4.98 Å². The van der Waals surface area contributed by atoms with Crippen molar-refractivity contribution in [2.24, 2.45) is 0 Å². The summed E-state index contributed by atoms with van der Waals surface area (Å²) in [4.78, 5) is 6.16. The first-order chi connectivity index (χ1) is 9.15. The van der Waals surface area contributed by atoms with Gasteiger partial charge in [0.25, 0.3) is 0 Å². The minimum Gasteiger partial charge on any atom is -0.368 e. The van der Waals surface area contributed by atoms with E-state index < -0.39 is 0 Å². The minimum atomic E-state index is -0.179. The minimum absolute atomic E-state index is 0.179. The smallest absolute Gasteiger partial charge is 0.125 e. The topological polar surface area (TPSA) is 34.1 Å². The average Bonchev–Trinajstić information content (AvgIpc) is 3.17. The molecule has 1 aliphatic rings. The Morgan fingerprint density at radius 2 is 2.00 bits per heavy atom. The van der Waals surface area contributed by atoms with E-state index in [-0.39, 0.29) is 5.60 Å². The first kappa shape index (κ1) is 14.9. The molecule has 0 unspecified atom stereocenters. The first-order valence-corrected chi connectivity index (χ1v) is 8.31. The molecule has 19 heavy (non-hydrogen) atoms. The lowest BCUT2D eigenvalue weighted by Crippen LogP contribution is -2.28. The van der Waals surface area contributed by atoms with Gasteiger partial charge in [-0.15, -0.1) is 11.3 Å². The zero-order valence-corrected chi connectivity index (χ0v) is 13.4. The van der Waals surface area contributed by atoms with Crippen molar-refractivity contribution in [2.75, 3.05) is 6.61 Å². The van der Waals surface area contributed by atoms with Crippen LogP contribution >= 0.6 is 11.3 Å². The lowest BCUT2D eigenvalue weighted by atomic mass is 9.98. The molecule has 3 nitrogen and oxygen atoms in total. The van der Waals surface area contributed by atoms with E-state index in [1.54, 1.807) is 0 Å². The number of nitrogens with zero attached hydrogens (tertiary/aromatic N) is 1. The Bertz CT molecular complexity index is 408. The molecule has 0 aliphatic heterocycles. The highest BCUT2D eigenvalue weighted by molar-refractivity contribution is 7.11. The van der Waals surface area contributed by atoms with Crippen LogP contribution < -0.4 is 5.32 Å². The third kappa shape index (κ3) is 3.36. The van der Waals surface area contributed by atoms with E-state index in [1.807, 2.05) is 11.3 Å². The fourth-order valence-electron chi connectivity index (χ4n) is 2.41. The Morgan fingerprint density at radius 1 is 1.32 bits per heavy atom. The second kappa shape index (κ2) is 6.33. The van der Waals surface area contributed by atoms with E-state index in [0.29, 0.717) is 0 Å². The van der Waals surface area contributed by atoms with Gasteiger partial charge in [0.2, 0.25) is 0 Å². The molecule has 1 aromatic heterocycles. The van der Waals surface area contributed by atoms with Gasteiger partial charge in [0.15, 0.2) is 0 Å². The first-order valence-electron chi connectivity index (χ1n) is 7.49. The molecule has 0 aromatic carbocycles. The summed E-state index contributed by atoms with van der Waals surface area (Å²) in [5.41, 5.74) is 0.987. The van der Waals surface area contributed by atoms with E-state index in [0.717, 1.165) is 37.0 Å². The summed E-state index contributed by atoms with van der Waals surface area (Å²) in [7, 11) is 0. The predicted octanol–water partition coefficient (Wildman–Crippen LogP) is 3.76. The lowest BCUT2D eigenvalue weighted by Gasteiger charge is -2.29. The Labute approximate surface area is 120 Å². The summed E-state index contributed by atoms with van der Waals surface area (Å²) in [5, 5.41) is 4.73. The van der Waals surface area contributed by atoms with Crippen molar-refractivity contribution >= 4 is 11.3 Å². The van der Waals surface area contributed by atoms with Gasteiger partial charge in [-0.3, -0.25) is 0 Å². The van der Waals surface area contributed by atoms with Crippen LogP contribution in [0, 0.1) is 6.92 Å². The van der Waals surface area contributed by atoms with E-state index >= 15 is 0 Å². The molecular formula is C15H26N2OS. The standard InChI is InChI=1S/C15H26N2OS/c1-5-15(6-2,18-7-3)14-17-11(4)13(19-14)10-16-12-8-9-12/h12,16H,5-10H2,1-4H3. The normalized spacial score (nSPS) is 16.0. The maximum atomic E-state index is 6.05. The molecule has 0 radical (unpaired) electrons. The van der Waals surface area contributed by atoms with Gasteiger partial charge in [-0.1, -0.05) is 13.8 Å². The zero-order valence-electron chi connectivity index (χ0n) is 12.6. The number of thiazole rings is 1. The highest BCUT2D eigenvalue weighted by Crippen LogP contribution is 2.37. The van der Waals surface area contributed by atoms with Crippen LogP contribution in [0.1, 0.15) is 62.0 Å². The monoisotopic (exact) mass is 282 g/mol. The molecule has 1 saturated carbocycles. The van der Waals surface area contributed by atoms with Crippen molar-refractivity contribution in [3.05, 3.63) is 15.6 Å². The Hall–Kier alpha value is -0.450. The zero-order chi connectivity index (χ0) is 13.9. The highest BCUT2D eigenvalue weighted by Gasteiger charge is 2.33. The van der Waals surface area contributed by atoms with E-state index in [1.165, 1.54) is 23.4 Å². The van der Waals surface area contributed by atoms with Crippen molar-refractivity contribution in [3.63, 3.8) is 0 Å². The van der Waals surface area contributed by atoms with Crippen LogP contribution in [0.15, 0.2) is 0 Å². The molecule has 0 atom stereocenters. The number of ether oxygens (including phenoxy) is 1. The van der Waals surface area contributed by atoms with Gasteiger partial charge >= 0.3 is 0 Å². The Kier molecular flexibility index (Phi) is 4.98. The lowest BCUT2D eigenvalue weighted by molar-refractivity contribution is -0.0507.